The molecule has 0 heterocycles. The van der Waals surface area contributed by atoms with Crippen molar-refractivity contribution in [2.45, 2.75) is 182 Å². The van der Waals surface area contributed by atoms with Crippen molar-refractivity contribution < 1.29 is 45.7 Å². The average Bonchev–Trinajstić information content (AvgIpc) is 3.78. The summed E-state index contributed by atoms with van der Waals surface area (Å²) in [4.78, 5) is 25.1. The van der Waals surface area contributed by atoms with Crippen molar-refractivity contribution in [3.63, 3.8) is 0 Å². The van der Waals surface area contributed by atoms with Crippen LogP contribution in [-0.2, 0) is 29.8 Å². The van der Waals surface area contributed by atoms with Crippen LogP contribution >= 0.6 is 0 Å². The lowest BCUT2D eigenvalue weighted by Gasteiger charge is -2.64. The molecule has 8 fully saturated rings. The Hall–Kier alpha value is -1.32. The molecule has 14 heteroatoms. The molecule has 0 aromatic heterocycles. The highest BCUT2D eigenvalue weighted by atomic mass is 32.2. The molecular weight excluding hydrogens is 877 g/mol. The number of nitrogens with one attached hydrogen (secondary N) is 2. The van der Waals surface area contributed by atoms with E-state index in [0.717, 1.165) is 51.4 Å². The maximum atomic E-state index is 12.6. The molecule has 8 aliphatic rings. The van der Waals surface area contributed by atoms with Gasteiger partial charge >= 0.3 is 0 Å². The zero-order valence-corrected chi connectivity index (χ0v) is 42.9. The van der Waals surface area contributed by atoms with Crippen LogP contribution in [0.2, 0.25) is 0 Å². The van der Waals surface area contributed by atoms with E-state index in [4.69, 9.17) is 9.11 Å². The smallest absolute Gasteiger partial charge is 0.266 e. The van der Waals surface area contributed by atoms with Crippen molar-refractivity contribution in [3.05, 3.63) is 0 Å². The molecule has 0 saturated heterocycles. The standard InChI is InChI=1S/C52H88N2O10S2/c1-31(7-13-45(57)53-23-25-65(59,60)61)37-9-11-39-47-41(17-21-51(37,39)5)49(3)19-15-33(27-35(49)29-43(47)55)34-16-20-50(4)36(28-34)30-44(56)48-40-12-10-38(52(40,6)22-18-42(48)50)32(2)8-14-46(58)54-24-26-66(62,63)64/h31-44,47-48,55-56H,7-30H2,1-6H3,(H,53,57)(H,54,58)(H,59,60,61)(H,62,63,64)/t31-,32-,33?,34?,35?,36?,37-,38-,39+,40?,41?,42?,43+,44+,47?,48?,49+,50+,51-,52-/m1/s1. The molecule has 9 unspecified atom stereocenters. The quantitative estimate of drug-likeness (QED) is 0.0866. The summed E-state index contributed by atoms with van der Waals surface area (Å²) >= 11 is 0. The predicted octanol–water partition coefficient (Wildman–Crippen LogP) is 8.32. The molecule has 0 bridgehead atoms. The van der Waals surface area contributed by atoms with Gasteiger partial charge in [-0.3, -0.25) is 18.7 Å². The summed E-state index contributed by atoms with van der Waals surface area (Å²) in [6, 6.07) is 0. The predicted molar refractivity (Wildman–Crippen MR) is 256 cm³/mol. The fourth-order valence-electron chi connectivity index (χ4n) is 19.3. The highest BCUT2D eigenvalue weighted by Gasteiger charge is 2.65. The number of carbonyl (C=O) groups excluding carboxylic acids is 2. The Morgan fingerprint density at radius 1 is 0.530 bits per heavy atom. The first kappa shape index (κ1) is 51.0. The monoisotopic (exact) mass is 965 g/mol. The van der Waals surface area contributed by atoms with Crippen LogP contribution in [0.3, 0.4) is 0 Å². The van der Waals surface area contributed by atoms with Gasteiger partial charge in [0.25, 0.3) is 20.2 Å². The molecule has 6 N–H and O–H groups in total. The summed E-state index contributed by atoms with van der Waals surface area (Å²) in [5.74, 6) is 5.70. The van der Waals surface area contributed by atoms with Gasteiger partial charge in [-0.1, -0.05) is 41.5 Å². The van der Waals surface area contributed by atoms with Crippen LogP contribution in [-0.4, -0.2) is 84.8 Å². The topological polar surface area (TPSA) is 207 Å². The van der Waals surface area contributed by atoms with Crippen LogP contribution in [0.5, 0.6) is 0 Å². The highest BCUT2D eigenvalue weighted by molar-refractivity contribution is 7.86. The van der Waals surface area contributed by atoms with Gasteiger partial charge in [-0.15, -0.1) is 0 Å². The largest absolute Gasteiger partial charge is 0.393 e. The van der Waals surface area contributed by atoms with Gasteiger partial charge in [-0.2, -0.15) is 16.8 Å². The Bertz CT molecular complexity index is 1860. The van der Waals surface area contributed by atoms with E-state index in [1.807, 2.05) is 0 Å². The summed E-state index contributed by atoms with van der Waals surface area (Å²) in [6.07, 6.45) is 20.4. The lowest BCUT2D eigenvalue weighted by Crippen LogP contribution is -2.59. The lowest BCUT2D eigenvalue weighted by molar-refractivity contribution is -0.183. The molecule has 8 aliphatic carbocycles. The molecule has 66 heavy (non-hydrogen) atoms. The van der Waals surface area contributed by atoms with Crippen LogP contribution < -0.4 is 10.6 Å². The van der Waals surface area contributed by atoms with Crippen molar-refractivity contribution in [2.75, 3.05) is 24.6 Å². The third-order valence-electron chi connectivity index (χ3n) is 22.7. The summed E-state index contributed by atoms with van der Waals surface area (Å²) in [7, 11) is -8.21. The van der Waals surface area contributed by atoms with Gasteiger partial charge in [0.15, 0.2) is 0 Å². The lowest BCUT2D eigenvalue weighted by atomic mass is 9.41. The Balaban J connectivity index is 0.848. The molecule has 0 aromatic carbocycles. The van der Waals surface area contributed by atoms with E-state index in [1.165, 1.54) is 64.2 Å². The Morgan fingerprint density at radius 2 is 0.879 bits per heavy atom. The molecule has 0 aliphatic heterocycles. The third-order valence-corrected chi connectivity index (χ3v) is 24.1. The van der Waals surface area contributed by atoms with Crippen molar-refractivity contribution in [3.8, 4) is 0 Å². The van der Waals surface area contributed by atoms with Crippen LogP contribution in [0, 0.1) is 105 Å². The van der Waals surface area contributed by atoms with Crippen LogP contribution in [0.25, 0.3) is 0 Å². The summed E-state index contributed by atoms with van der Waals surface area (Å²) < 4.78 is 62.4. The number of carbonyl (C=O) groups is 2. The molecular formula is C52H88N2O10S2. The van der Waals surface area contributed by atoms with Crippen molar-refractivity contribution in [2.24, 2.45) is 105 Å². The van der Waals surface area contributed by atoms with Crippen molar-refractivity contribution >= 4 is 32.1 Å². The molecule has 12 nitrogen and oxygen atoms in total. The fraction of sp³-hybridized carbons (Fsp3) is 0.962. The van der Waals surface area contributed by atoms with Gasteiger partial charge in [-0.25, -0.2) is 0 Å². The van der Waals surface area contributed by atoms with Gasteiger partial charge < -0.3 is 20.8 Å². The summed E-state index contributed by atoms with van der Waals surface area (Å²) in [5, 5.41) is 29.8. The second kappa shape index (κ2) is 19.0. The minimum atomic E-state index is -4.10. The second-order valence-electron chi connectivity index (χ2n) is 25.4. The number of aliphatic hydroxyl groups is 2. The van der Waals surface area contributed by atoms with Crippen molar-refractivity contribution in [1.29, 1.82) is 0 Å². The SMILES string of the molecule is C[C@H](CCC(=O)NCCS(=O)(=O)O)[C@H]1CC[C@H]2C3C(CC[C@]12C)[C@@]1(C)CCC(C2CC[C@@]4(C)C(C2)C[C@H](O)C2C4CC[C@@]4(C)C2CC[C@@H]4[C@H](C)CCC(=O)NCCS(=O)(=O)O)CC1C[C@@H]3O. The number of hydrogen-bond acceptors (Lipinski definition) is 8. The average molecular weight is 965 g/mol. The van der Waals surface area contributed by atoms with E-state index in [1.54, 1.807) is 0 Å². The van der Waals surface area contributed by atoms with Crippen molar-refractivity contribution in [1.82, 2.24) is 10.6 Å². The first-order valence-corrected chi connectivity index (χ1v) is 29.9. The Labute approximate surface area is 398 Å². The van der Waals surface area contributed by atoms with Gasteiger partial charge in [0, 0.05) is 25.9 Å². The third kappa shape index (κ3) is 9.71. The zero-order chi connectivity index (χ0) is 47.8. The number of rotatable bonds is 15. The van der Waals surface area contributed by atoms with Gasteiger partial charge in [0.1, 0.15) is 0 Å². The molecule has 0 aromatic rings. The van der Waals surface area contributed by atoms with Gasteiger partial charge in [0.05, 0.1) is 23.7 Å². The fourth-order valence-corrected chi connectivity index (χ4v) is 20.0. The number of hydrogen-bond donors (Lipinski definition) is 6. The molecule has 2 amide bonds. The number of aliphatic hydroxyl groups excluding tert-OH is 2. The molecule has 0 spiro atoms. The highest BCUT2D eigenvalue weighted by Crippen LogP contribution is 2.72. The zero-order valence-electron chi connectivity index (χ0n) is 41.3. The number of fused-ring (bicyclic) bond motifs is 10. The molecule has 20 atom stereocenters. The van der Waals surface area contributed by atoms with E-state index in [9.17, 15) is 36.6 Å². The molecule has 8 rings (SSSR count). The van der Waals surface area contributed by atoms with Crippen LogP contribution in [0.4, 0.5) is 0 Å². The Morgan fingerprint density at radius 3 is 1.24 bits per heavy atom. The summed E-state index contributed by atoms with van der Waals surface area (Å²) in [5.41, 5.74) is 0.809. The minimum Gasteiger partial charge on any atom is -0.393 e. The van der Waals surface area contributed by atoms with E-state index in [2.05, 4.69) is 52.2 Å². The van der Waals surface area contributed by atoms with E-state index in [-0.39, 0.29) is 58.8 Å². The minimum absolute atomic E-state index is 0.0751. The molecule has 8 saturated carbocycles. The number of amides is 2. The normalized spacial score (nSPS) is 46.3. The van der Waals surface area contributed by atoms with Gasteiger partial charge in [-0.05, 0) is 220 Å². The summed E-state index contributed by atoms with van der Waals surface area (Å²) in [6.45, 7) is 14.6. The van der Waals surface area contributed by atoms with E-state index in [0.29, 0.717) is 95.7 Å². The first-order valence-electron chi connectivity index (χ1n) is 26.7. The van der Waals surface area contributed by atoms with Crippen LogP contribution in [0.1, 0.15) is 170 Å². The molecule has 0 radical (unpaired) electrons. The Kier molecular flexibility index (Phi) is 14.7. The van der Waals surface area contributed by atoms with Crippen LogP contribution in [0.15, 0.2) is 0 Å². The van der Waals surface area contributed by atoms with E-state index >= 15 is 0 Å². The first-order chi connectivity index (χ1) is 30.9. The molecule has 378 valence electrons. The maximum absolute atomic E-state index is 12.6. The van der Waals surface area contributed by atoms with E-state index < -0.39 is 31.7 Å². The maximum Gasteiger partial charge on any atom is 0.266 e. The second-order valence-corrected chi connectivity index (χ2v) is 28.6. The van der Waals surface area contributed by atoms with Gasteiger partial charge in [0.2, 0.25) is 11.8 Å².